The van der Waals surface area contributed by atoms with Crippen LogP contribution in [0, 0.1) is 13.8 Å². The third-order valence-corrected chi connectivity index (χ3v) is 4.52. The van der Waals surface area contributed by atoms with Crippen LogP contribution in [0.15, 0.2) is 30.3 Å². The molecule has 0 radical (unpaired) electrons. The van der Waals surface area contributed by atoms with Crippen molar-refractivity contribution < 1.29 is 9.53 Å². The fraction of sp³-hybridized carbons (Fsp3) is 0.500. The van der Waals surface area contributed by atoms with Crippen molar-refractivity contribution in [3.05, 3.63) is 47.5 Å². The molecule has 128 valence electrons. The number of piperidine rings is 1. The van der Waals surface area contributed by atoms with Crippen molar-refractivity contribution in [2.75, 3.05) is 20.2 Å². The number of nitrogens with zero attached hydrogens (tertiary/aromatic N) is 4. The molecule has 2 heterocycles. The van der Waals surface area contributed by atoms with E-state index in [4.69, 9.17) is 4.74 Å². The molecule has 1 saturated heterocycles. The van der Waals surface area contributed by atoms with E-state index in [1.165, 1.54) is 0 Å². The molecule has 6 heteroatoms. The van der Waals surface area contributed by atoms with E-state index in [2.05, 4.69) is 10.1 Å². The predicted octanol–water partition coefficient (Wildman–Crippen LogP) is 2.45. The minimum absolute atomic E-state index is 0.0166. The molecule has 0 saturated carbocycles. The molecule has 2 aromatic rings. The Hall–Kier alpha value is -2.21. The molecular formula is C18H24N4O2. The summed E-state index contributed by atoms with van der Waals surface area (Å²) in [5, 5.41) is 4.49. The highest BCUT2D eigenvalue weighted by molar-refractivity contribution is 5.82. The number of hydrogen-bond acceptors (Lipinski definition) is 4. The lowest BCUT2D eigenvalue weighted by Gasteiger charge is -2.35. The van der Waals surface area contributed by atoms with Crippen molar-refractivity contribution in [2.24, 2.45) is 0 Å². The van der Waals surface area contributed by atoms with Crippen molar-refractivity contribution in [3.8, 4) is 0 Å². The zero-order valence-corrected chi connectivity index (χ0v) is 14.5. The van der Waals surface area contributed by atoms with Gasteiger partial charge in [-0.15, -0.1) is 0 Å². The van der Waals surface area contributed by atoms with Crippen molar-refractivity contribution >= 4 is 5.91 Å². The highest BCUT2D eigenvalue weighted by Gasteiger charge is 2.31. The van der Waals surface area contributed by atoms with Gasteiger partial charge in [-0.3, -0.25) is 4.79 Å². The van der Waals surface area contributed by atoms with Crippen LogP contribution >= 0.6 is 0 Å². The number of likely N-dealkylation sites (tertiary alicyclic amines) is 1. The van der Waals surface area contributed by atoms with Crippen LogP contribution in [0.3, 0.4) is 0 Å². The van der Waals surface area contributed by atoms with Crippen LogP contribution in [-0.2, 0) is 9.53 Å². The highest BCUT2D eigenvalue weighted by Crippen LogP contribution is 2.26. The molecule has 0 spiro atoms. The summed E-state index contributed by atoms with van der Waals surface area (Å²) < 4.78 is 7.45. The maximum absolute atomic E-state index is 13.0. The fourth-order valence-corrected chi connectivity index (χ4v) is 3.41. The number of rotatable bonds is 4. The highest BCUT2D eigenvalue weighted by atomic mass is 16.5. The van der Waals surface area contributed by atoms with Crippen LogP contribution in [0.1, 0.15) is 42.2 Å². The summed E-state index contributed by atoms with van der Waals surface area (Å²) in [7, 11) is 1.59. The number of aromatic nitrogens is 3. The minimum Gasteiger partial charge on any atom is -0.367 e. The van der Waals surface area contributed by atoms with Gasteiger partial charge in [0.25, 0.3) is 5.91 Å². The minimum atomic E-state index is -0.552. The Kier molecular flexibility index (Phi) is 4.94. The van der Waals surface area contributed by atoms with Gasteiger partial charge in [0.2, 0.25) is 0 Å². The first kappa shape index (κ1) is 16.6. The second kappa shape index (κ2) is 7.13. The Morgan fingerprint density at radius 2 is 2.04 bits per heavy atom. The first-order valence-electron chi connectivity index (χ1n) is 8.36. The molecule has 1 aromatic heterocycles. The first-order chi connectivity index (χ1) is 11.6. The standard InChI is InChI=1S/C18H24N4O2/c1-13-19-14(2)22(20-13)16-10-7-11-21(12-16)18(23)17(24-3)15-8-5-4-6-9-15/h4-6,8-9,16-17H,7,10-12H2,1-3H3/t16-,17-/m0/s1. The van der Waals surface area contributed by atoms with Gasteiger partial charge >= 0.3 is 0 Å². The van der Waals surface area contributed by atoms with Crippen LogP contribution < -0.4 is 0 Å². The van der Waals surface area contributed by atoms with Crippen LogP contribution in [0.2, 0.25) is 0 Å². The number of carbonyl (C=O) groups excluding carboxylic acids is 1. The molecule has 0 aliphatic carbocycles. The summed E-state index contributed by atoms with van der Waals surface area (Å²) in [5.41, 5.74) is 0.889. The van der Waals surface area contributed by atoms with Crippen molar-refractivity contribution in [1.82, 2.24) is 19.7 Å². The molecule has 6 nitrogen and oxygen atoms in total. The molecule has 1 aliphatic heterocycles. The van der Waals surface area contributed by atoms with Gasteiger partial charge < -0.3 is 9.64 Å². The van der Waals surface area contributed by atoms with E-state index in [9.17, 15) is 4.79 Å². The molecule has 1 aliphatic rings. The molecule has 0 N–H and O–H groups in total. The van der Waals surface area contributed by atoms with Gasteiger partial charge in [-0.25, -0.2) is 9.67 Å². The number of methoxy groups -OCH3 is 1. The number of carbonyl (C=O) groups is 1. The van der Waals surface area contributed by atoms with Crippen molar-refractivity contribution in [2.45, 2.75) is 38.8 Å². The van der Waals surface area contributed by atoms with E-state index in [0.717, 1.165) is 36.6 Å². The monoisotopic (exact) mass is 328 g/mol. The summed E-state index contributed by atoms with van der Waals surface area (Å²) in [6.45, 7) is 5.26. The maximum Gasteiger partial charge on any atom is 0.256 e. The van der Waals surface area contributed by atoms with Gasteiger partial charge in [-0.05, 0) is 32.3 Å². The number of amides is 1. The number of benzene rings is 1. The lowest BCUT2D eigenvalue weighted by molar-refractivity contribution is -0.144. The Balaban J connectivity index is 1.76. The van der Waals surface area contributed by atoms with E-state index >= 15 is 0 Å². The fourth-order valence-electron chi connectivity index (χ4n) is 3.41. The molecule has 3 rings (SSSR count). The molecule has 1 amide bonds. The van der Waals surface area contributed by atoms with E-state index in [0.29, 0.717) is 6.54 Å². The van der Waals surface area contributed by atoms with Crippen LogP contribution in [0.4, 0.5) is 0 Å². The number of aryl methyl sites for hydroxylation is 2. The zero-order valence-electron chi connectivity index (χ0n) is 14.5. The quantitative estimate of drug-likeness (QED) is 0.865. The smallest absolute Gasteiger partial charge is 0.256 e. The van der Waals surface area contributed by atoms with E-state index in [1.54, 1.807) is 7.11 Å². The molecule has 1 fully saturated rings. The molecular weight excluding hydrogens is 304 g/mol. The summed E-state index contributed by atoms with van der Waals surface area (Å²) in [6.07, 6.45) is 1.42. The second-order valence-electron chi connectivity index (χ2n) is 6.26. The van der Waals surface area contributed by atoms with Gasteiger partial charge in [-0.1, -0.05) is 30.3 Å². The third kappa shape index (κ3) is 3.33. The van der Waals surface area contributed by atoms with E-state index in [1.807, 2.05) is 53.8 Å². The Morgan fingerprint density at radius 3 is 2.67 bits per heavy atom. The van der Waals surface area contributed by atoms with Crippen LogP contribution in [0.5, 0.6) is 0 Å². The van der Waals surface area contributed by atoms with Gasteiger partial charge in [0.1, 0.15) is 11.6 Å². The average molecular weight is 328 g/mol. The Labute approximate surface area is 142 Å². The van der Waals surface area contributed by atoms with E-state index in [-0.39, 0.29) is 11.9 Å². The van der Waals surface area contributed by atoms with Gasteiger partial charge in [0.15, 0.2) is 6.10 Å². The lowest BCUT2D eigenvalue weighted by atomic mass is 10.0. The summed E-state index contributed by atoms with van der Waals surface area (Å²) in [5.74, 6) is 1.69. The zero-order chi connectivity index (χ0) is 17.1. The molecule has 0 unspecified atom stereocenters. The topological polar surface area (TPSA) is 60.2 Å². The normalized spacial score (nSPS) is 19.3. The number of hydrogen-bond donors (Lipinski definition) is 0. The van der Waals surface area contributed by atoms with Crippen LogP contribution in [-0.4, -0.2) is 45.8 Å². The summed E-state index contributed by atoms with van der Waals surface area (Å²) in [6, 6.07) is 9.83. The average Bonchev–Trinajstić information content (AvgIpc) is 2.95. The largest absolute Gasteiger partial charge is 0.367 e. The SMILES string of the molecule is CO[C@H](C(=O)N1CCC[C@H](n2nc(C)nc2C)C1)c1ccccc1. The predicted molar refractivity (Wildman–Crippen MR) is 90.5 cm³/mol. The van der Waals surface area contributed by atoms with E-state index < -0.39 is 6.10 Å². The molecule has 0 bridgehead atoms. The maximum atomic E-state index is 13.0. The summed E-state index contributed by atoms with van der Waals surface area (Å²) in [4.78, 5) is 19.2. The summed E-state index contributed by atoms with van der Waals surface area (Å²) >= 11 is 0. The van der Waals surface area contributed by atoms with Crippen molar-refractivity contribution in [1.29, 1.82) is 0 Å². The lowest BCUT2D eigenvalue weighted by Crippen LogP contribution is -2.43. The first-order valence-corrected chi connectivity index (χ1v) is 8.36. The molecule has 1 aromatic carbocycles. The molecule has 2 atom stereocenters. The number of ether oxygens (including phenoxy) is 1. The van der Waals surface area contributed by atoms with Gasteiger partial charge in [0.05, 0.1) is 6.04 Å². The third-order valence-electron chi connectivity index (χ3n) is 4.52. The van der Waals surface area contributed by atoms with Gasteiger partial charge in [-0.2, -0.15) is 5.10 Å². The Morgan fingerprint density at radius 1 is 1.29 bits per heavy atom. The Bertz CT molecular complexity index is 698. The second-order valence-corrected chi connectivity index (χ2v) is 6.26. The van der Waals surface area contributed by atoms with Crippen molar-refractivity contribution in [3.63, 3.8) is 0 Å². The molecule has 24 heavy (non-hydrogen) atoms. The van der Waals surface area contributed by atoms with Crippen LogP contribution in [0.25, 0.3) is 0 Å². The van der Waals surface area contributed by atoms with Gasteiger partial charge in [0, 0.05) is 20.2 Å².